The first kappa shape index (κ1) is 18.6. The lowest BCUT2D eigenvalue weighted by molar-refractivity contribution is -0.384. The Hall–Kier alpha value is -3.22. The number of nitro benzene ring substituents is 1. The van der Waals surface area contributed by atoms with Gasteiger partial charge in [0.25, 0.3) is 5.69 Å². The van der Waals surface area contributed by atoms with Crippen molar-refractivity contribution in [3.05, 3.63) is 63.7 Å². The molecular formula is C20H21N3O4. The third kappa shape index (κ3) is 4.13. The van der Waals surface area contributed by atoms with Crippen molar-refractivity contribution in [2.24, 2.45) is 15.4 Å². The van der Waals surface area contributed by atoms with Crippen LogP contribution in [0.15, 0.2) is 52.4 Å². The highest BCUT2D eigenvalue weighted by Gasteiger charge is 2.31. The molecular weight excluding hydrogens is 346 g/mol. The first-order valence-corrected chi connectivity index (χ1v) is 8.57. The quantitative estimate of drug-likeness (QED) is 0.496. The second-order valence-electron chi connectivity index (χ2n) is 7.40. The predicted molar refractivity (Wildman–Crippen MR) is 104 cm³/mol. The summed E-state index contributed by atoms with van der Waals surface area (Å²) in [6.07, 6.45) is 1.40. The number of benzene rings is 2. The molecule has 1 N–H and O–H groups in total. The van der Waals surface area contributed by atoms with E-state index >= 15 is 0 Å². The van der Waals surface area contributed by atoms with Crippen LogP contribution in [0.25, 0.3) is 0 Å². The van der Waals surface area contributed by atoms with Crippen LogP contribution in [0.3, 0.4) is 0 Å². The second kappa shape index (κ2) is 7.19. The highest BCUT2D eigenvalue weighted by Crippen LogP contribution is 2.30. The van der Waals surface area contributed by atoms with Gasteiger partial charge >= 0.3 is 0 Å². The molecule has 1 aliphatic rings. The van der Waals surface area contributed by atoms with Crippen molar-refractivity contribution < 1.29 is 14.8 Å². The van der Waals surface area contributed by atoms with Crippen molar-refractivity contribution in [3.63, 3.8) is 0 Å². The summed E-state index contributed by atoms with van der Waals surface area (Å²) in [5.41, 5.74) is 1.50. The lowest BCUT2D eigenvalue weighted by Gasteiger charge is -2.21. The number of phenolic OH excluding ortho intramolecular Hbond substituents is 1. The van der Waals surface area contributed by atoms with Gasteiger partial charge in [0.15, 0.2) is 0 Å². The Morgan fingerprint density at radius 2 is 2.04 bits per heavy atom. The number of hydrogen-bond donors (Lipinski definition) is 1. The first-order valence-electron chi connectivity index (χ1n) is 8.57. The van der Waals surface area contributed by atoms with Gasteiger partial charge in [-0.05, 0) is 23.6 Å². The van der Waals surface area contributed by atoms with Gasteiger partial charge in [0.05, 0.1) is 22.2 Å². The van der Waals surface area contributed by atoms with E-state index in [0.717, 1.165) is 5.56 Å². The zero-order chi connectivity index (χ0) is 19.6. The minimum atomic E-state index is -0.515. The van der Waals surface area contributed by atoms with Gasteiger partial charge in [-0.25, -0.2) is 4.99 Å². The molecule has 0 unspecified atom stereocenters. The maximum Gasteiger partial charge on any atom is 0.270 e. The van der Waals surface area contributed by atoms with Gasteiger partial charge in [0, 0.05) is 23.9 Å². The van der Waals surface area contributed by atoms with E-state index in [-0.39, 0.29) is 28.5 Å². The van der Waals surface area contributed by atoms with Crippen LogP contribution in [0.5, 0.6) is 5.75 Å². The molecule has 0 radical (unpaired) electrons. The Morgan fingerprint density at radius 1 is 1.30 bits per heavy atom. The highest BCUT2D eigenvalue weighted by atomic mass is 16.6. The summed E-state index contributed by atoms with van der Waals surface area (Å²) in [6.45, 7) is 6.86. The highest BCUT2D eigenvalue weighted by molar-refractivity contribution is 6.01. The Labute approximate surface area is 157 Å². The van der Waals surface area contributed by atoms with Gasteiger partial charge in [-0.15, -0.1) is 0 Å². The van der Waals surface area contributed by atoms with Gasteiger partial charge in [-0.1, -0.05) is 32.9 Å². The molecule has 1 heterocycles. The molecule has 0 aliphatic carbocycles. The zero-order valence-electron chi connectivity index (χ0n) is 15.4. The summed E-state index contributed by atoms with van der Waals surface area (Å²) in [7, 11) is 0. The van der Waals surface area contributed by atoms with Crippen molar-refractivity contribution in [1.29, 1.82) is 0 Å². The van der Waals surface area contributed by atoms with E-state index in [1.165, 1.54) is 24.4 Å². The van der Waals surface area contributed by atoms with E-state index < -0.39 is 4.92 Å². The number of non-ortho nitro benzene ring substituents is 1. The van der Waals surface area contributed by atoms with Gasteiger partial charge in [0.1, 0.15) is 12.4 Å². The molecule has 3 rings (SSSR count). The lowest BCUT2D eigenvalue weighted by atomic mass is 9.88. The average molecular weight is 367 g/mol. The molecule has 7 heteroatoms. The third-order valence-corrected chi connectivity index (χ3v) is 4.35. The normalized spacial score (nSPS) is 17.0. The maximum atomic E-state index is 10.9. The third-order valence-electron chi connectivity index (χ3n) is 4.35. The maximum absolute atomic E-state index is 10.9. The molecule has 1 aliphatic heterocycles. The zero-order valence-corrected chi connectivity index (χ0v) is 15.4. The summed E-state index contributed by atoms with van der Waals surface area (Å²) >= 11 is 0. The van der Waals surface area contributed by atoms with Crippen LogP contribution in [-0.2, 0) is 4.74 Å². The van der Waals surface area contributed by atoms with Crippen LogP contribution in [0.4, 0.5) is 11.4 Å². The molecule has 0 saturated heterocycles. The molecule has 27 heavy (non-hydrogen) atoms. The van der Waals surface area contributed by atoms with Crippen molar-refractivity contribution in [3.8, 4) is 5.75 Å². The fourth-order valence-corrected chi connectivity index (χ4v) is 2.63. The second-order valence-corrected chi connectivity index (χ2v) is 7.40. The summed E-state index contributed by atoms with van der Waals surface area (Å²) in [6, 6.07) is 11.2. The van der Waals surface area contributed by atoms with Gasteiger partial charge in [-0.2, -0.15) is 0 Å². The summed E-state index contributed by atoms with van der Waals surface area (Å²) in [4.78, 5) is 19.5. The number of aromatic hydroxyl groups is 1. The summed E-state index contributed by atoms with van der Waals surface area (Å²) < 4.78 is 5.78. The SMILES string of the molecule is CC(C)(C)[C@H]1COC(c2ccccc2N=Cc2cc([N+](=O)[O-])ccc2O)=N1. The molecule has 0 fully saturated rings. The van der Waals surface area contributed by atoms with E-state index in [1.807, 2.05) is 18.2 Å². The van der Waals surface area contributed by atoms with Crippen molar-refractivity contribution in [1.82, 2.24) is 0 Å². The predicted octanol–water partition coefficient (Wildman–Crippen LogP) is 4.24. The molecule has 0 amide bonds. The molecule has 1 atom stereocenters. The largest absolute Gasteiger partial charge is 0.507 e. The number of para-hydroxylation sites is 1. The number of ether oxygens (including phenoxy) is 1. The van der Waals surface area contributed by atoms with Crippen LogP contribution in [0.2, 0.25) is 0 Å². The van der Waals surface area contributed by atoms with Crippen molar-refractivity contribution >= 4 is 23.5 Å². The Kier molecular flexibility index (Phi) is 4.94. The number of phenols is 1. The summed E-state index contributed by atoms with van der Waals surface area (Å²) in [5, 5.41) is 20.9. The lowest BCUT2D eigenvalue weighted by Crippen LogP contribution is -2.25. The van der Waals surface area contributed by atoms with E-state index in [1.54, 1.807) is 6.07 Å². The van der Waals surface area contributed by atoms with Crippen molar-refractivity contribution in [2.45, 2.75) is 26.8 Å². The Balaban J connectivity index is 1.93. The summed E-state index contributed by atoms with van der Waals surface area (Å²) in [5.74, 6) is 0.454. The number of rotatable bonds is 4. The van der Waals surface area contributed by atoms with E-state index in [2.05, 4.69) is 30.8 Å². The monoisotopic (exact) mass is 367 g/mol. The standard InChI is InChI=1S/C20H21N3O4/c1-20(2,3)18-12-27-19(22-18)15-6-4-5-7-16(15)21-11-13-10-14(23(25)26)8-9-17(13)24/h4-11,18,24H,12H2,1-3H3/t18-/m1/s1. The van der Waals surface area contributed by atoms with E-state index in [0.29, 0.717) is 18.2 Å². The van der Waals surface area contributed by atoms with Gasteiger partial charge in [0.2, 0.25) is 5.90 Å². The molecule has 0 spiro atoms. The molecule has 0 saturated carbocycles. The van der Waals surface area contributed by atoms with E-state index in [4.69, 9.17) is 4.74 Å². The fourth-order valence-electron chi connectivity index (χ4n) is 2.63. The van der Waals surface area contributed by atoms with Crippen LogP contribution in [0.1, 0.15) is 31.9 Å². The van der Waals surface area contributed by atoms with Gasteiger partial charge < -0.3 is 9.84 Å². The smallest absolute Gasteiger partial charge is 0.270 e. The van der Waals surface area contributed by atoms with Crippen LogP contribution < -0.4 is 0 Å². The fraction of sp³-hybridized carbons (Fsp3) is 0.300. The molecule has 140 valence electrons. The number of nitro groups is 1. The number of hydrogen-bond acceptors (Lipinski definition) is 6. The van der Waals surface area contributed by atoms with Gasteiger partial charge in [-0.3, -0.25) is 15.1 Å². The average Bonchev–Trinajstić information content (AvgIpc) is 3.11. The Morgan fingerprint density at radius 3 is 2.70 bits per heavy atom. The van der Waals surface area contributed by atoms with Crippen LogP contribution in [-0.4, -0.2) is 34.8 Å². The topological polar surface area (TPSA) is 97.3 Å². The number of nitrogens with zero attached hydrogens (tertiary/aromatic N) is 3. The molecule has 0 aromatic heterocycles. The minimum absolute atomic E-state index is 0.00523. The Bertz CT molecular complexity index is 929. The molecule has 7 nitrogen and oxygen atoms in total. The number of aliphatic imine (C=N–C) groups is 2. The molecule has 2 aromatic carbocycles. The van der Waals surface area contributed by atoms with Crippen LogP contribution in [0, 0.1) is 15.5 Å². The van der Waals surface area contributed by atoms with E-state index in [9.17, 15) is 15.2 Å². The minimum Gasteiger partial charge on any atom is -0.507 e. The van der Waals surface area contributed by atoms with Crippen LogP contribution >= 0.6 is 0 Å². The van der Waals surface area contributed by atoms with Crippen molar-refractivity contribution in [2.75, 3.05) is 6.61 Å². The molecule has 0 bridgehead atoms. The molecule has 2 aromatic rings. The first-order chi connectivity index (χ1) is 12.8.